The molecular weight excluding hydrogens is 1560 g/mol. The van der Waals surface area contributed by atoms with Crippen LogP contribution in [-0.4, -0.2) is 73.4 Å². The Bertz CT molecular complexity index is 4190. The van der Waals surface area contributed by atoms with E-state index < -0.39 is 0 Å². The Balaban J connectivity index is 0.000000377. The number of benzene rings is 7. The minimum absolute atomic E-state index is 0. The van der Waals surface area contributed by atoms with Crippen LogP contribution in [0.5, 0.6) is 17.2 Å². The molecular formula is C115H178N6O6. The normalized spacial score (nSPS) is 14.1. The number of aromatic nitrogens is 6. The molecule has 0 spiro atoms. The van der Waals surface area contributed by atoms with E-state index in [4.69, 9.17) is 23.5 Å². The summed E-state index contributed by atoms with van der Waals surface area (Å²) in [5.74, 6) is 10.6. The van der Waals surface area contributed by atoms with Crippen molar-refractivity contribution in [2.45, 2.75) is 368 Å². The van der Waals surface area contributed by atoms with Gasteiger partial charge in [0.1, 0.15) is 30.5 Å². The molecule has 1 atom stereocenters. The zero-order chi connectivity index (χ0) is 92.7. The third-order valence-corrected chi connectivity index (χ3v) is 23.9. The molecule has 0 bridgehead atoms. The van der Waals surface area contributed by atoms with Crippen molar-refractivity contribution in [3.8, 4) is 51.0 Å². The largest absolute Gasteiger partial charge is 0.493 e. The lowest BCUT2D eigenvalue weighted by Gasteiger charge is -2.24. The van der Waals surface area contributed by atoms with E-state index in [-0.39, 0.29) is 13.5 Å². The van der Waals surface area contributed by atoms with E-state index in [0.717, 1.165) is 47.7 Å². The Hall–Kier alpha value is -8.58. The third kappa shape index (κ3) is 43.6. The number of ether oxygens (including phenoxy) is 4. The zero-order valence-corrected chi connectivity index (χ0v) is 83.9. The molecule has 4 aliphatic carbocycles. The first-order chi connectivity index (χ1) is 60.8. The summed E-state index contributed by atoms with van der Waals surface area (Å²) in [4.78, 5) is 4.18. The van der Waals surface area contributed by atoms with E-state index in [2.05, 4.69) is 270 Å². The summed E-state index contributed by atoms with van der Waals surface area (Å²) < 4.78 is 31.9. The van der Waals surface area contributed by atoms with E-state index >= 15 is 0 Å². The van der Waals surface area contributed by atoms with Crippen LogP contribution < -0.4 is 14.2 Å². The Morgan fingerprint density at radius 2 is 0.732 bits per heavy atom. The number of rotatable bonds is 25. The minimum atomic E-state index is -0.331. The summed E-state index contributed by atoms with van der Waals surface area (Å²) in [5, 5.41) is 22.3. The van der Waals surface area contributed by atoms with Crippen LogP contribution in [0, 0.1) is 31.6 Å². The SMILES string of the molecule is C.CC.CC.CC.CC.CC(C)c1ccc(-c2cnn(C)c2)cc1.CC(C)c1ccc(CC2CCCCC2)cc1.CC(C)c1ccc(OCC(O)CC2CCCCC2)cc1.CC(C)c1ccc(OCC2CCCCC2)cc1.CC(C)c1ccc(OCCOC2CCCCC2)cc1.Cc1c(-c2ccc(C(C)C)cc2)cnn1C.Cc1noc(-c2ccc(C(C)C)cc2)n1. The highest BCUT2D eigenvalue weighted by Crippen LogP contribution is 2.33. The van der Waals surface area contributed by atoms with Crippen molar-refractivity contribution in [3.63, 3.8) is 0 Å². The van der Waals surface area contributed by atoms with Gasteiger partial charge in [-0.15, -0.1) is 0 Å². The maximum atomic E-state index is 10.1. The maximum Gasteiger partial charge on any atom is 0.257 e. The zero-order valence-electron chi connectivity index (χ0n) is 83.9. The number of hydrogen-bond acceptors (Lipinski definition) is 10. The fourth-order valence-electron chi connectivity index (χ4n) is 15.7. The van der Waals surface area contributed by atoms with Gasteiger partial charge in [-0.25, -0.2) is 0 Å². The Kier molecular flexibility index (Phi) is 57.7. The second kappa shape index (κ2) is 65.0. The Labute approximate surface area is 775 Å². The summed E-state index contributed by atoms with van der Waals surface area (Å²) >= 11 is 0. The predicted molar refractivity (Wildman–Crippen MR) is 546 cm³/mol. The molecule has 3 heterocycles. The van der Waals surface area contributed by atoms with Crippen LogP contribution in [0.4, 0.5) is 0 Å². The van der Waals surface area contributed by atoms with Crippen molar-refractivity contribution in [2.24, 2.45) is 31.8 Å². The van der Waals surface area contributed by atoms with Gasteiger partial charge in [-0.3, -0.25) is 9.36 Å². The number of aryl methyl sites for hydroxylation is 3. The predicted octanol–water partition coefficient (Wildman–Crippen LogP) is 33.4. The summed E-state index contributed by atoms with van der Waals surface area (Å²) in [6.45, 7) is 53.5. The monoisotopic (exact) mass is 1740 g/mol. The Morgan fingerprint density at radius 1 is 0.378 bits per heavy atom. The van der Waals surface area contributed by atoms with Crippen molar-refractivity contribution < 1.29 is 28.6 Å². The molecule has 12 nitrogen and oxygen atoms in total. The molecule has 0 radical (unpaired) electrons. The quantitative estimate of drug-likeness (QED) is 0.0552. The van der Waals surface area contributed by atoms with Gasteiger partial charge in [0.25, 0.3) is 5.89 Å². The molecule has 0 saturated heterocycles. The van der Waals surface area contributed by atoms with Crippen LogP contribution in [0.15, 0.2) is 193 Å². The van der Waals surface area contributed by atoms with Crippen LogP contribution in [0.1, 0.15) is 392 Å². The van der Waals surface area contributed by atoms with Gasteiger partial charge in [0.2, 0.25) is 0 Å². The van der Waals surface area contributed by atoms with E-state index in [1.54, 1.807) is 0 Å². The second-order valence-corrected chi connectivity index (χ2v) is 35.9. The Morgan fingerprint density at radius 3 is 1.10 bits per heavy atom. The standard InChI is InChI=1S/C18H28O2.C17H26O2.C16H24O.C16H24.C14H18N2.C13H16N2.C12H14N2O.4C2H6.CH4/c1-14(2)16-8-10-18(11-9-16)20-13-17(19)12-15-6-4-3-5-7-15;1-14(2)15-8-10-17(11-9-15)19-13-12-18-16-6-4-3-5-7-16;1-13(2)15-8-10-16(11-9-15)17-12-14-6-4-3-5-7-14;1-13(2)16-10-8-15(9-11-16)12-14-6-4-3-5-7-14;1-10(2)12-5-7-13(8-6-12)14-9-15-16(4)11(14)3;1-10(2)11-4-6-12(7-5-11)13-8-14-15(3)9-13;1-8(2)10-4-6-11(7-5-10)12-13-9(3)14-15-12;4*1-2;/h8-11,14-15,17,19H,3-7,12-13H2,1-2H3;8-11,14,16H,3-7,12-13H2,1-2H3;8-11,13-14H,3-7,12H2,1-2H3;8-11,13-14H,3-7,12H2,1-2H3;5-10H,1-4H3;4-10H,1-3H3;4-8H,1-3H3;4*1-2H3;1H4. The second-order valence-electron chi connectivity index (χ2n) is 35.9. The molecule has 14 rings (SSSR count). The first kappa shape index (κ1) is 113. The highest BCUT2D eigenvalue weighted by atomic mass is 16.5. The van der Waals surface area contributed by atoms with E-state index in [1.165, 1.54) is 207 Å². The molecule has 3 aromatic heterocycles. The van der Waals surface area contributed by atoms with Crippen LogP contribution in [0.2, 0.25) is 0 Å². The van der Waals surface area contributed by atoms with Gasteiger partial charge in [-0.05, 0) is 216 Å². The van der Waals surface area contributed by atoms with Crippen LogP contribution >= 0.6 is 0 Å². The van der Waals surface area contributed by atoms with E-state index in [0.29, 0.717) is 85.0 Å². The summed E-state index contributed by atoms with van der Waals surface area (Å²) in [7, 11) is 3.91. The average molecular weight is 1740 g/mol. The van der Waals surface area contributed by atoms with Gasteiger partial charge >= 0.3 is 0 Å². The molecule has 10 aromatic rings. The van der Waals surface area contributed by atoms with Crippen LogP contribution in [0.25, 0.3) is 33.7 Å². The van der Waals surface area contributed by atoms with Crippen molar-refractivity contribution in [3.05, 3.63) is 244 Å². The molecule has 0 aliphatic heterocycles. The maximum absolute atomic E-state index is 10.1. The summed E-state index contributed by atoms with van der Waals surface area (Å²) in [6.07, 6.45) is 35.4. The topological polar surface area (TPSA) is 132 Å². The van der Waals surface area contributed by atoms with Crippen LogP contribution in [-0.2, 0) is 25.3 Å². The van der Waals surface area contributed by atoms with Gasteiger partial charge in [0.15, 0.2) is 5.82 Å². The molecule has 4 aliphatic rings. The molecule has 0 amide bonds. The molecule has 1 unspecified atom stereocenters. The molecule has 704 valence electrons. The first-order valence-corrected chi connectivity index (χ1v) is 49.5. The van der Waals surface area contributed by atoms with Crippen molar-refractivity contribution >= 4 is 0 Å². The molecule has 4 fully saturated rings. The lowest BCUT2D eigenvalue weighted by molar-refractivity contribution is 0.0129. The first-order valence-electron chi connectivity index (χ1n) is 49.5. The minimum Gasteiger partial charge on any atom is -0.493 e. The third-order valence-electron chi connectivity index (χ3n) is 23.9. The molecule has 12 heteroatoms. The number of aliphatic hydroxyl groups is 1. The van der Waals surface area contributed by atoms with Gasteiger partial charge in [-0.1, -0.05) is 389 Å². The number of hydrogen-bond donors (Lipinski definition) is 1. The smallest absolute Gasteiger partial charge is 0.257 e. The van der Waals surface area contributed by atoms with Crippen molar-refractivity contribution in [1.82, 2.24) is 29.7 Å². The highest BCUT2D eigenvalue weighted by molar-refractivity contribution is 5.65. The molecule has 7 aromatic carbocycles. The number of aliphatic hydroxyl groups excluding tert-OH is 1. The van der Waals surface area contributed by atoms with E-state index in [1.807, 2.05) is 129 Å². The lowest BCUT2D eigenvalue weighted by Crippen LogP contribution is -2.22. The fraction of sp³-hybridized carbons (Fsp3) is 0.565. The molecule has 1 N–H and O–H groups in total. The van der Waals surface area contributed by atoms with E-state index in [9.17, 15) is 5.11 Å². The lowest BCUT2D eigenvalue weighted by atomic mass is 9.84. The highest BCUT2D eigenvalue weighted by Gasteiger charge is 2.20. The average Bonchev–Trinajstić information content (AvgIpc) is 1.69. The summed E-state index contributed by atoms with van der Waals surface area (Å²) in [5.41, 5.74) is 18.2. The molecule has 127 heavy (non-hydrogen) atoms. The van der Waals surface area contributed by atoms with Gasteiger partial charge in [0, 0.05) is 42.7 Å². The van der Waals surface area contributed by atoms with Crippen LogP contribution in [0.3, 0.4) is 0 Å². The van der Waals surface area contributed by atoms with Crippen molar-refractivity contribution in [1.29, 1.82) is 0 Å². The van der Waals surface area contributed by atoms with Gasteiger partial charge in [0.05, 0.1) is 37.8 Å². The number of nitrogens with zero attached hydrogens (tertiary/aromatic N) is 6. The fourth-order valence-corrected chi connectivity index (χ4v) is 15.7. The van der Waals surface area contributed by atoms with Crippen molar-refractivity contribution in [2.75, 3.05) is 26.4 Å². The summed E-state index contributed by atoms with van der Waals surface area (Å²) in [6, 6.07) is 60.2. The molecule has 4 saturated carbocycles. The van der Waals surface area contributed by atoms with Gasteiger partial charge < -0.3 is 28.6 Å². The van der Waals surface area contributed by atoms with Gasteiger partial charge in [-0.2, -0.15) is 15.2 Å².